The monoisotopic (exact) mass is 362 g/mol. The first-order valence-corrected chi connectivity index (χ1v) is 8.77. The lowest BCUT2D eigenvalue weighted by Crippen LogP contribution is -2.40. The molecule has 136 valence electrons. The quantitative estimate of drug-likeness (QED) is 0.859. The minimum Gasteiger partial charge on any atom is -0.343 e. The Morgan fingerprint density at radius 2 is 1.96 bits per heavy atom. The number of carbonyl (C=O) groups is 1. The van der Waals surface area contributed by atoms with Crippen molar-refractivity contribution in [2.45, 2.75) is 25.7 Å². The van der Waals surface area contributed by atoms with Crippen molar-refractivity contribution in [3.8, 4) is 5.69 Å². The minimum atomic E-state index is 0. The first-order valence-electron chi connectivity index (χ1n) is 8.77. The van der Waals surface area contributed by atoms with Crippen molar-refractivity contribution >= 4 is 18.3 Å². The van der Waals surface area contributed by atoms with E-state index in [0.717, 1.165) is 50.1 Å². The molecule has 2 aromatic rings. The molecular formula is C19H27ClN4O. The maximum absolute atomic E-state index is 12.4. The molecule has 0 bridgehead atoms. The van der Waals surface area contributed by atoms with Gasteiger partial charge in [0.15, 0.2) is 0 Å². The summed E-state index contributed by atoms with van der Waals surface area (Å²) < 4.78 is 1.86. The maximum atomic E-state index is 12.4. The van der Waals surface area contributed by atoms with Crippen molar-refractivity contribution in [1.29, 1.82) is 0 Å². The lowest BCUT2D eigenvalue weighted by Gasteiger charge is -2.32. The van der Waals surface area contributed by atoms with Gasteiger partial charge in [-0.1, -0.05) is 18.2 Å². The van der Waals surface area contributed by atoms with E-state index in [1.807, 2.05) is 59.4 Å². The molecule has 1 aliphatic rings. The fraction of sp³-hybridized carbons (Fsp3) is 0.474. The Hall–Kier alpha value is -1.85. The number of nitrogens with one attached hydrogen (secondary N) is 1. The number of aryl methyl sites for hydroxylation is 1. The SMILES string of the molecule is CNCC1CCN(C(=O)CCc2cnn(-c3ccccc3)c2)CC1.Cl. The molecule has 1 amide bonds. The molecule has 1 saturated heterocycles. The van der Waals surface area contributed by atoms with E-state index < -0.39 is 0 Å². The highest BCUT2D eigenvalue weighted by molar-refractivity contribution is 5.85. The number of carbonyl (C=O) groups excluding carboxylic acids is 1. The highest BCUT2D eigenvalue weighted by Crippen LogP contribution is 2.17. The van der Waals surface area contributed by atoms with Crippen LogP contribution in [0.3, 0.4) is 0 Å². The number of nitrogens with zero attached hydrogens (tertiary/aromatic N) is 3. The smallest absolute Gasteiger partial charge is 0.222 e. The molecule has 25 heavy (non-hydrogen) atoms. The fourth-order valence-electron chi connectivity index (χ4n) is 3.30. The Labute approximate surface area is 155 Å². The molecule has 0 atom stereocenters. The van der Waals surface area contributed by atoms with E-state index in [-0.39, 0.29) is 18.3 Å². The molecule has 1 aliphatic heterocycles. The molecule has 1 fully saturated rings. The van der Waals surface area contributed by atoms with E-state index in [4.69, 9.17) is 0 Å². The number of halogens is 1. The molecular weight excluding hydrogens is 336 g/mol. The van der Waals surface area contributed by atoms with Crippen molar-refractivity contribution in [2.24, 2.45) is 5.92 Å². The van der Waals surface area contributed by atoms with Gasteiger partial charge < -0.3 is 10.2 Å². The number of hydrogen-bond donors (Lipinski definition) is 1. The third-order valence-electron chi connectivity index (χ3n) is 4.74. The number of amides is 1. The Morgan fingerprint density at radius 3 is 2.64 bits per heavy atom. The van der Waals surface area contributed by atoms with E-state index in [1.165, 1.54) is 0 Å². The first-order chi connectivity index (χ1) is 11.8. The van der Waals surface area contributed by atoms with E-state index >= 15 is 0 Å². The minimum absolute atomic E-state index is 0. The number of para-hydroxylation sites is 1. The lowest BCUT2D eigenvalue weighted by atomic mass is 9.96. The van der Waals surface area contributed by atoms with Crippen LogP contribution in [0.4, 0.5) is 0 Å². The van der Waals surface area contributed by atoms with Gasteiger partial charge in [0.2, 0.25) is 5.91 Å². The molecule has 1 aromatic carbocycles. The summed E-state index contributed by atoms with van der Waals surface area (Å²) in [5.41, 5.74) is 2.15. The Morgan fingerprint density at radius 1 is 1.24 bits per heavy atom. The van der Waals surface area contributed by atoms with Crippen LogP contribution in [-0.2, 0) is 11.2 Å². The van der Waals surface area contributed by atoms with Crippen LogP contribution in [0, 0.1) is 5.92 Å². The Bertz CT molecular complexity index is 650. The summed E-state index contributed by atoms with van der Waals surface area (Å²) in [4.78, 5) is 14.4. The average Bonchev–Trinajstić information content (AvgIpc) is 3.10. The second-order valence-corrected chi connectivity index (χ2v) is 6.51. The van der Waals surface area contributed by atoms with Crippen LogP contribution in [0.2, 0.25) is 0 Å². The highest BCUT2D eigenvalue weighted by Gasteiger charge is 2.22. The summed E-state index contributed by atoms with van der Waals surface area (Å²) in [6.45, 7) is 2.85. The predicted molar refractivity (Wildman–Crippen MR) is 102 cm³/mol. The van der Waals surface area contributed by atoms with Gasteiger partial charge in [0, 0.05) is 25.7 Å². The van der Waals surface area contributed by atoms with E-state index in [9.17, 15) is 4.79 Å². The third kappa shape index (κ3) is 5.31. The molecule has 1 N–H and O–H groups in total. The standard InChI is InChI=1S/C19H26N4O.ClH/c1-20-13-16-9-11-22(12-10-16)19(24)8-7-17-14-21-23(15-17)18-5-3-2-4-6-18;/h2-6,14-16,20H,7-13H2,1H3;1H. The summed E-state index contributed by atoms with van der Waals surface area (Å²) in [6, 6.07) is 10.0. The summed E-state index contributed by atoms with van der Waals surface area (Å²) in [6.07, 6.45) is 7.41. The van der Waals surface area contributed by atoms with E-state index in [1.54, 1.807) is 0 Å². The van der Waals surface area contributed by atoms with Gasteiger partial charge in [0.1, 0.15) is 0 Å². The molecule has 0 unspecified atom stereocenters. The first kappa shape index (κ1) is 19.5. The molecule has 1 aromatic heterocycles. The van der Waals surface area contributed by atoms with Gasteiger partial charge in [-0.15, -0.1) is 12.4 Å². The predicted octanol–water partition coefficient (Wildman–Crippen LogP) is 2.68. The molecule has 0 aliphatic carbocycles. The van der Waals surface area contributed by atoms with Crippen molar-refractivity contribution in [2.75, 3.05) is 26.7 Å². The fourth-order valence-corrected chi connectivity index (χ4v) is 3.30. The molecule has 0 saturated carbocycles. The van der Waals surface area contributed by atoms with Gasteiger partial charge in [-0.2, -0.15) is 5.10 Å². The molecule has 6 heteroatoms. The number of piperidine rings is 1. The van der Waals surface area contributed by atoms with Crippen molar-refractivity contribution in [3.63, 3.8) is 0 Å². The topological polar surface area (TPSA) is 50.2 Å². The zero-order valence-corrected chi connectivity index (χ0v) is 15.5. The van der Waals surface area contributed by atoms with Crippen molar-refractivity contribution in [1.82, 2.24) is 20.0 Å². The van der Waals surface area contributed by atoms with Gasteiger partial charge in [-0.3, -0.25) is 4.79 Å². The number of hydrogen-bond acceptors (Lipinski definition) is 3. The van der Waals surface area contributed by atoms with Gasteiger partial charge in [-0.05, 0) is 56.5 Å². The molecule has 2 heterocycles. The van der Waals surface area contributed by atoms with Crippen LogP contribution in [0.15, 0.2) is 42.7 Å². The van der Waals surface area contributed by atoms with Crippen LogP contribution in [-0.4, -0.2) is 47.3 Å². The van der Waals surface area contributed by atoms with Crippen LogP contribution >= 0.6 is 12.4 Å². The van der Waals surface area contributed by atoms with Crippen LogP contribution in [0.1, 0.15) is 24.8 Å². The van der Waals surface area contributed by atoms with E-state index in [0.29, 0.717) is 12.3 Å². The lowest BCUT2D eigenvalue weighted by molar-refractivity contribution is -0.132. The van der Waals surface area contributed by atoms with E-state index in [2.05, 4.69) is 10.4 Å². The second-order valence-electron chi connectivity index (χ2n) is 6.51. The summed E-state index contributed by atoms with van der Waals surface area (Å²) >= 11 is 0. The van der Waals surface area contributed by atoms with Crippen LogP contribution < -0.4 is 5.32 Å². The van der Waals surface area contributed by atoms with Gasteiger partial charge >= 0.3 is 0 Å². The largest absolute Gasteiger partial charge is 0.343 e. The molecule has 3 rings (SSSR count). The van der Waals surface area contributed by atoms with Crippen LogP contribution in [0.25, 0.3) is 5.69 Å². The summed E-state index contributed by atoms with van der Waals surface area (Å²) in [7, 11) is 1.99. The maximum Gasteiger partial charge on any atom is 0.222 e. The zero-order chi connectivity index (χ0) is 16.8. The van der Waals surface area contributed by atoms with Crippen molar-refractivity contribution in [3.05, 3.63) is 48.3 Å². The molecule has 0 radical (unpaired) electrons. The Kier molecular flexibility index (Phi) is 7.47. The number of likely N-dealkylation sites (tertiary alicyclic amines) is 1. The molecule has 5 nitrogen and oxygen atoms in total. The highest BCUT2D eigenvalue weighted by atomic mass is 35.5. The average molecular weight is 363 g/mol. The number of aromatic nitrogens is 2. The summed E-state index contributed by atoms with van der Waals surface area (Å²) in [5, 5.41) is 7.62. The summed E-state index contributed by atoms with van der Waals surface area (Å²) in [5.74, 6) is 0.980. The van der Waals surface area contributed by atoms with Gasteiger partial charge in [0.25, 0.3) is 0 Å². The second kappa shape index (κ2) is 9.59. The number of rotatable bonds is 6. The number of benzene rings is 1. The van der Waals surface area contributed by atoms with Crippen molar-refractivity contribution < 1.29 is 4.79 Å². The van der Waals surface area contributed by atoms with Gasteiger partial charge in [-0.25, -0.2) is 4.68 Å². The molecule has 0 spiro atoms. The Balaban J connectivity index is 0.00000225. The normalized spacial score (nSPS) is 15.0. The third-order valence-corrected chi connectivity index (χ3v) is 4.74. The van der Waals surface area contributed by atoms with Crippen LogP contribution in [0.5, 0.6) is 0 Å². The van der Waals surface area contributed by atoms with Gasteiger partial charge in [0.05, 0.1) is 11.9 Å². The zero-order valence-electron chi connectivity index (χ0n) is 14.7.